The van der Waals surface area contributed by atoms with Crippen LogP contribution in [0.5, 0.6) is 0 Å². The van der Waals surface area contributed by atoms with Gasteiger partial charge in [0.15, 0.2) is 0 Å². The molecule has 1 fully saturated rings. The van der Waals surface area contributed by atoms with Crippen LogP contribution in [0.15, 0.2) is 29.2 Å². The summed E-state index contributed by atoms with van der Waals surface area (Å²) in [6.07, 6.45) is 3.15. The molecule has 1 atom stereocenters. The average molecular weight is 298 g/mol. The molecule has 1 aromatic carbocycles. The normalized spacial score (nSPS) is 20.2. The van der Waals surface area contributed by atoms with Gasteiger partial charge in [-0.05, 0) is 49.9 Å². The van der Waals surface area contributed by atoms with Gasteiger partial charge in [-0.3, -0.25) is 0 Å². The topological polar surface area (TPSA) is 69.6 Å². The number of nitrogens with zero attached hydrogens (tertiary/aromatic N) is 1. The second kappa shape index (κ2) is 6.56. The van der Waals surface area contributed by atoms with Gasteiger partial charge in [-0.1, -0.05) is 0 Å². The third-order valence-corrected chi connectivity index (χ3v) is 5.73. The lowest BCUT2D eigenvalue weighted by Crippen LogP contribution is -2.35. The Morgan fingerprint density at radius 1 is 1.35 bits per heavy atom. The predicted octanol–water partition coefficient (Wildman–Crippen LogP) is 1.65. The van der Waals surface area contributed by atoms with E-state index in [0.717, 1.165) is 24.9 Å². The minimum atomic E-state index is -3.42. The highest BCUT2D eigenvalue weighted by atomic mass is 32.2. The third-order valence-electron chi connectivity index (χ3n) is 3.77. The number of rotatable bonds is 6. The molecular weight excluding hydrogens is 276 g/mol. The molecule has 0 amide bonds. The molecule has 2 rings (SSSR count). The van der Waals surface area contributed by atoms with Crippen molar-refractivity contribution in [2.75, 3.05) is 25.5 Å². The third kappa shape index (κ3) is 3.13. The van der Waals surface area contributed by atoms with E-state index in [1.54, 1.807) is 35.6 Å². The highest BCUT2D eigenvalue weighted by molar-refractivity contribution is 7.89. The van der Waals surface area contributed by atoms with E-state index in [0.29, 0.717) is 17.9 Å². The van der Waals surface area contributed by atoms with Crippen molar-refractivity contribution in [2.45, 2.75) is 36.6 Å². The van der Waals surface area contributed by atoms with Crippen LogP contribution in [-0.2, 0) is 10.0 Å². The van der Waals surface area contributed by atoms with E-state index in [4.69, 9.17) is 5.11 Å². The monoisotopic (exact) mass is 298 g/mol. The molecule has 5 nitrogen and oxygen atoms in total. The Balaban J connectivity index is 2.19. The maximum Gasteiger partial charge on any atom is 0.243 e. The van der Waals surface area contributed by atoms with Crippen LogP contribution in [0.1, 0.15) is 25.7 Å². The number of anilines is 1. The maximum absolute atomic E-state index is 12.7. The van der Waals surface area contributed by atoms with E-state index in [1.165, 1.54) is 0 Å². The molecule has 0 radical (unpaired) electrons. The fourth-order valence-electron chi connectivity index (χ4n) is 2.67. The van der Waals surface area contributed by atoms with E-state index >= 15 is 0 Å². The van der Waals surface area contributed by atoms with Crippen molar-refractivity contribution < 1.29 is 13.5 Å². The number of hydrogen-bond donors (Lipinski definition) is 2. The van der Waals surface area contributed by atoms with E-state index < -0.39 is 10.0 Å². The molecule has 1 unspecified atom stereocenters. The quantitative estimate of drug-likeness (QED) is 0.838. The summed E-state index contributed by atoms with van der Waals surface area (Å²) in [7, 11) is -1.62. The molecule has 0 aliphatic carbocycles. The van der Waals surface area contributed by atoms with Crippen LogP contribution in [0, 0.1) is 0 Å². The van der Waals surface area contributed by atoms with Gasteiger partial charge in [0.2, 0.25) is 10.0 Å². The highest BCUT2D eigenvalue weighted by Gasteiger charge is 2.34. The zero-order valence-corrected chi connectivity index (χ0v) is 12.6. The van der Waals surface area contributed by atoms with Crippen molar-refractivity contribution in [3.63, 3.8) is 0 Å². The second-order valence-electron chi connectivity index (χ2n) is 5.05. The van der Waals surface area contributed by atoms with Gasteiger partial charge < -0.3 is 10.4 Å². The summed E-state index contributed by atoms with van der Waals surface area (Å²) in [5.74, 6) is 0. The highest BCUT2D eigenvalue weighted by Crippen LogP contribution is 2.28. The summed E-state index contributed by atoms with van der Waals surface area (Å²) in [6, 6.07) is 6.85. The molecule has 0 spiro atoms. The molecule has 0 aromatic heterocycles. The van der Waals surface area contributed by atoms with Crippen molar-refractivity contribution in [3.05, 3.63) is 24.3 Å². The summed E-state index contributed by atoms with van der Waals surface area (Å²) >= 11 is 0. The summed E-state index contributed by atoms with van der Waals surface area (Å²) in [5, 5.41) is 11.9. The minimum Gasteiger partial charge on any atom is -0.396 e. The number of benzene rings is 1. The summed E-state index contributed by atoms with van der Waals surface area (Å²) in [6.45, 7) is 0.688. The Kier molecular flexibility index (Phi) is 5.01. The summed E-state index contributed by atoms with van der Waals surface area (Å²) in [5.41, 5.74) is 0.891. The Morgan fingerprint density at radius 3 is 2.65 bits per heavy atom. The minimum absolute atomic E-state index is 0.0242. The Morgan fingerprint density at radius 2 is 2.05 bits per heavy atom. The van der Waals surface area contributed by atoms with Gasteiger partial charge in [-0.25, -0.2) is 8.42 Å². The molecule has 0 bridgehead atoms. The van der Waals surface area contributed by atoms with Gasteiger partial charge in [0.05, 0.1) is 4.90 Å². The van der Waals surface area contributed by atoms with Gasteiger partial charge in [0, 0.05) is 31.9 Å². The van der Waals surface area contributed by atoms with Crippen LogP contribution in [0.25, 0.3) is 0 Å². The van der Waals surface area contributed by atoms with Crippen molar-refractivity contribution in [1.82, 2.24) is 4.31 Å². The van der Waals surface area contributed by atoms with Crippen LogP contribution < -0.4 is 5.32 Å². The molecule has 1 heterocycles. The number of aliphatic hydroxyl groups excluding tert-OH is 1. The molecule has 20 heavy (non-hydrogen) atoms. The Labute approximate surface area is 120 Å². The van der Waals surface area contributed by atoms with Crippen LogP contribution in [0.4, 0.5) is 5.69 Å². The van der Waals surface area contributed by atoms with Crippen molar-refractivity contribution in [2.24, 2.45) is 0 Å². The SMILES string of the molecule is CNc1ccc(S(=O)(=O)N2CCCC2CCCO)cc1. The molecule has 1 aromatic rings. The van der Waals surface area contributed by atoms with Crippen molar-refractivity contribution >= 4 is 15.7 Å². The number of sulfonamides is 1. The molecule has 1 saturated heterocycles. The van der Waals surface area contributed by atoms with Crippen LogP contribution in [-0.4, -0.2) is 44.1 Å². The zero-order chi connectivity index (χ0) is 14.6. The van der Waals surface area contributed by atoms with E-state index in [2.05, 4.69) is 5.32 Å². The lowest BCUT2D eigenvalue weighted by Gasteiger charge is -2.24. The lowest BCUT2D eigenvalue weighted by molar-refractivity contribution is 0.264. The predicted molar refractivity (Wildman–Crippen MR) is 79.2 cm³/mol. The zero-order valence-electron chi connectivity index (χ0n) is 11.7. The molecule has 1 aliphatic heterocycles. The Hall–Kier alpha value is -1.11. The second-order valence-corrected chi connectivity index (χ2v) is 6.94. The first-order valence-electron chi connectivity index (χ1n) is 7.00. The maximum atomic E-state index is 12.7. The van der Waals surface area contributed by atoms with E-state index in [-0.39, 0.29) is 12.6 Å². The van der Waals surface area contributed by atoms with Gasteiger partial charge >= 0.3 is 0 Å². The summed E-state index contributed by atoms with van der Waals surface area (Å²) in [4.78, 5) is 0.340. The van der Waals surface area contributed by atoms with E-state index in [1.807, 2.05) is 0 Å². The first-order chi connectivity index (χ1) is 9.59. The van der Waals surface area contributed by atoms with Crippen molar-refractivity contribution in [1.29, 1.82) is 0 Å². The molecule has 1 aliphatic rings. The fraction of sp³-hybridized carbons (Fsp3) is 0.571. The number of aliphatic hydroxyl groups is 1. The number of nitrogens with one attached hydrogen (secondary N) is 1. The molecule has 6 heteroatoms. The van der Waals surface area contributed by atoms with Crippen molar-refractivity contribution in [3.8, 4) is 0 Å². The average Bonchev–Trinajstić information content (AvgIpc) is 2.94. The van der Waals surface area contributed by atoms with Crippen LogP contribution in [0.3, 0.4) is 0 Å². The largest absolute Gasteiger partial charge is 0.396 e. The first-order valence-corrected chi connectivity index (χ1v) is 8.44. The molecule has 112 valence electrons. The van der Waals surface area contributed by atoms with E-state index in [9.17, 15) is 8.42 Å². The fourth-order valence-corrected chi connectivity index (χ4v) is 4.39. The van der Waals surface area contributed by atoms with Gasteiger partial charge in [-0.2, -0.15) is 4.31 Å². The standard InChI is InChI=1S/C14H22N2O3S/c1-15-12-6-8-14(9-7-12)20(18,19)16-10-2-4-13(16)5-3-11-17/h6-9,13,15,17H,2-5,10-11H2,1H3. The van der Waals surface area contributed by atoms with Gasteiger partial charge in [-0.15, -0.1) is 0 Å². The van der Waals surface area contributed by atoms with Crippen LogP contribution in [0.2, 0.25) is 0 Å². The van der Waals surface area contributed by atoms with Gasteiger partial charge in [0.25, 0.3) is 0 Å². The molecule has 0 saturated carbocycles. The smallest absolute Gasteiger partial charge is 0.243 e. The van der Waals surface area contributed by atoms with Gasteiger partial charge in [0.1, 0.15) is 0 Å². The molecular formula is C14H22N2O3S. The van der Waals surface area contributed by atoms with Crippen LogP contribution >= 0.6 is 0 Å². The molecule has 2 N–H and O–H groups in total. The Bertz CT molecular complexity index is 528. The summed E-state index contributed by atoms with van der Waals surface area (Å²) < 4.78 is 26.9. The lowest BCUT2D eigenvalue weighted by atomic mass is 10.1. The first kappa shape index (κ1) is 15.3. The number of hydrogen-bond acceptors (Lipinski definition) is 4.